The third-order valence-electron chi connectivity index (χ3n) is 1.29. The van der Waals surface area contributed by atoms with E-state index in [9.17, 15) is 8.42 Å². The predicted molar refractivity (Wildman–Crippen MR) is 50.5 cm³/mol. The lowest BCUT2D eigenvalue weighted by Gasteiger charge is -1.92. The lowest BCUT2D eigenvalue weighted by atomic mass is 10.2. The first-order valence-corrected chi connectivity index (χ1v) is 5.36. The van der Waals surface area contributed by atoms with Crippen molar-refractivity contribution in [2.24, 2.45) is 4.40 Å². The van der Waals surface area contributed by atoms with Crippen LogP contribution in [0.3, 0.4) is 0 Å². The number of nitrogens with zero attached hydrogens (tertiary/aromatic N) is 1. The fraction of sp³-hybridized carbons (Fsp3) is 0.125. The van der Waals surface area contributed by atoms with Crippen molar-refractivity contribution in [2.75, 3.05) is 6.26 Å². The fourth-order valence-corrected chi connectivity index (χ4v) is 1.03. The second kappa shape index (κ2) is 3.57. The molecule has 0 aliphatic rings. The molecule has 5 heteroatoms. The number of benzene rings is 1. The molecule has 0 atom stereocenters. The van der Waals surface area contributed by atoms with Gasteiger partial charge in [-0.15, -0.1) is 0 Å². The van der Waals surface area contributed by atoms with Crippen molar-refractivity contribution in [3.05, 3.63) is 29.8 Å². The molecule has 0 aromatic heterocycles. The van der Waals surface area contributed by atoms with Crippen LogP contribution < -0.4 is 0 Å². The molecule has 1 aromatic rings. The minimum Gasteiger partial charge on any atom is -0.508 e. The standard InChI is InChI=1S/C8H9NO3S/c1-13(11,12)9-6-7-2-4-8(10)5-3-7/h2-6,10H,1H3. The quantitative estimate of drug-likeness (QED) is 0.715. The molecule has 0 bridgehead atoms. The van der Waals surface area contributed by atoms with Gasteiger partial charge in [0.15, 0.2) is 0 Å². The molecule has 0 unspecified atom stereocenters. The second-order valence-corrected chi connectivity index (χ2v) is 4.24. The van der Waals surface area contributed by atoms with Crippen molar-refractivity contribution in [1.82, 2.24) is 0 Å². The van der Waals surface area contributed by atoms with Gasteiger partial charge in [0, 0.05) is 6.21 Å². The van der Waals surface area contributed by atoms with Crippen LogP contribution in [0.15, 0.2) is 28.7 Å². The first-order valence-electron chi connectivity index (χ1n) is 3.52. The van der Waals surface area contributed by atoms with E-state index in [2.05, 4.69) is 4.40 Å². The van der Waals surface area contributed by atoms with Gasteiger partial charge in [0.05, 0.1) is 6.26 Å². The number of sulfonamides is 1. The van der Waals surface area contributed by atoms with Gasteiger partial charge in [-0.3, -0.25) is 0 Å². The highest BCUT2D eigenvalue weighted by atomic mass is 32.2. The number of phenolic OH excluding ortho intramolecular Hbond substituents is 1. The van der Waals surface area contributed by atoms with E-state index in [4.69, 9.17) is 5.11 Å². The van der Waals surface area contributed by atoms with Crippen LogP contribution in [-0.2, 0) is 10.0 Å². The van der Waals surface area contributed by atoms with Gasteiger partial charge in [-0.2, -0.15) is 4.40 Å². The molecule has 0 spiro atoms. The molecule has 0 radical (unpaired) electrons. The van der Waals surface area contributed by atoms with Gasteiger partial charge in [0.1, 0.15) is 5.75 Å². The lowest BCUT2D eigenvalue weighted by Crippen LogP contribution is -1.91. The third kappa shape index (κ3) is 3.71. The zero-order valence-electron chi connectivity index (χ0n) is 7.01. The molecular formula is C8H9NO3S. The van der Waals surface area contributed by atoms with Crippen LogP contribution >= 0.6 is 0 Å². The van der Waals surface area contributed by atoms with E-state index in [1.807, 2.05) is 0 Å². The van der Waals surface area contributed by atoms with E-state index in [1.54, 1.807) is 12.1 Å². The van der Waals surface area contributed by atoms with Gasteiger partial charge in [0.2, 0.25) is 10.0 Å². The number of phenols is 1. The second-order valence-electron chi connectivity index (χ2n) is 2.56. The lowest BCUT2D eigenvalue weighted by molar-refractivity contribution is 0.475. The highest BCUT2D eigenvalue weighted by Gasteiger charge is 1.94. The fourth-order valence-electron chi connectivity index (χ4n) is 0.717. The van der Waals surface area contributed by atoms with E-state index >= 15 is 0 Å². The molecule has 0 heterocycles. The van der Waals surface area contributed by atoms with E-state index in [1.165, 1.54) is 18.3 Å². The summed E-state index contributed by atoms with van der Waals surface area (Å²) in [7, 11) is -3.33. The van der Waals surface area contributed by atoms with Gasteiger partial charge in [-0.05, 0) is 29.8 Å². The van der Waals surface area contributed by atoms with E-state index in [-0.39, 0.29) is 5.75 Å². The van der Waals surface area contributed by atoms with Crippen LogP contribution in [0.5, 0.6) is 5.75 Å². The molecule has 1 aromatic carbocycles. The molecule has 0 saturated heterocycles. The minimum atomic E-state index is -3.33. The minimum absolute atomic E-state index is 0.136. The Morgan fingerprint density at radius 1 is 1.31 bits per heavy atom. The highest BCUT2D eigenvalue weighted by molar-refractivity contribution is 7.89. The normalized spacial score (nSPS) is 12.1. The molecule has 0 amide bonds. The van der Waals surface area contributed by atoms with Gasteiger partial charge in [-0.25, -0.2) is 8.42 Å². The maximum absolute atomic E-state index is 10.6. The number of rotatable bonds is 2. The predicted octanol–water partition coefficient (Wildman–Crippen LogP) is 0.771. The topological polar surface area (TPSA) is 66.7 Å². The van der Waals surface area contributed by atoms with Crippen LogP contribution in [0.4, 0.5) is 0 Å². The van der Waals surface area contributed by atoms with Crippen LogP contribution in [0.2, 0.25) is 0 Å². The maximum Gasteiger partial charge on any atom is 0.250 e. The Bertz CT molecular complexity index is 406. The largest absolute Gasteiger partial charge is 0.508 e. The zero-order valence-corrected chi connectivity index (χ0v) is 7.82. The Morgan fingerprint density at radius 2 is 1.85 bits per heavy atom. The summed E-state index contributed by atoms with van der Waals surface area (Å²) >= 11 is 0. The van der Waals surface area contributed by atoms with Crippen LogP contribution in [0, 0.1) is 0 Å². The average Bonchev–Trinajstić information content (AvgIpc) is 2.02. The Labute approximate surface area is 76.6 Å². The van der Waals surface area contributed by atoms with E-state index < -0.39 is 10.0 Å². The Kier molecular flexibility index (Phi) is 2.67. The summed E-state index contributed by atoms with van der Waals surface area (Å²) in [6, 6.07) is 6.07. The Morgan fingerprint density at radius 3 is 2.31 bits per heavy atom. The summed E-state index contributed by atoms with van der Waals surface area (Å²) in [5.74, 6) is 0.136. The summed E-state index contributed by atoms with van der Waals surface area (Å²) in [5, 5.41) is 8.92. The number of hydrogen-bond donors (Lipinski definition) is 1. The van der Waals surface area contributed by atoms with Gasteiger partial charge in [-0.1, -0.05) is 0 Å². The molecule has 1 rings (SSSR count). The summed E-state index contributed by atoms with van der Waals surface area (Å²) in [6.45, 7) is 0. The number of hydrogen-bond acceptors (Lipinski definition) is 3. The van der Waals surface area contributed by atoms with E-state index in [0.29, 0.717) is 5.56 Å². The van der Waals surface area contributed by atoms with Gasteiger partial charge < -0.3 is 5.11 Å². The molecule has 4 nitrogen and oxygen atoms in total. The maximum atomic E-state index is 10.6. The van der Waals surface area contributed by atoms with Crippen molar-refractivity contribution in [3.8, 4) is 5.75 Å². The summed E-state index contributed by atoms with van der Waals surface area (Å²) in [5.41, 5.74) is 0.628. The van der Waals surface area contributed by atoms with Crippen LogP contribution in [-0.4, -0.2) is 26.0 Å². The smallest absolute Gasteiger partial charge is 0.250 e. The summed E-state index contributed by atoms with van der Waals surface area (Å²) in [6.07, 6.45) is 2.25. The van der Waals surface area contributed by atoms with Crippen molar-refractivity contribution < 1.29 is 13.5 Å². The molecule has 0 fully saturated rings. The van der Waals surface area contributed by atoms with Crippen molar-refractivity contribution in [3.63, 3.8) is 0 Å². The third-order valence-corrected chi connectivity index (χ3v) is 1.77. The van der Waals surface area contributed by atoms with Crippen molar-refractivity contribution in [2.45, 2.75) is 0 Å². The molecule has 0 aliphatic heterocycles. The van der Waals surface area contributed by atoms with Gasteiger partial charge in [0.25, 0.3) is 0 Å². The number of aromatic hydroxyl groups is 1. The first-order chi connectivity index (χ1) is 5.97. The highest BCUT2D eigenvalue weighted by Crippen LogP contribution is 2.07. The summed E-state index contributed by atoms with van der Waals surface area (Å²) < 4.78 is 24.6. The van der Waals surface area contributed by atoms with Crippen molar-refractivity contribution >= 4 is 16.2 Å². The van der Waals surface area contributed by atoms with E-state index in [0.717, 1.165) is 6.26 Å². The molecular weight excluding hydrogens is 190 g/mol. The van der Waals surface area contributed by atoms with Crippen LogP contribution in [0.25, 0.3) is 0 Å². The summed E-state index contributed by atoms with van der Waals surface area (Å²) in [4.78, 5) is 0. The van der Waals surface area contributed by atoms with Gasteiger partial charge >= 0.3 is 0 Å². The zero-order chi connectivity index (χ0) is 9.90. The molecule has 1 N–H and O–H groups in total. The molecule has 13 heavy (non-hydrogen) atoms. The first kappa shape index (κ1) is 9.73. The van der Waals surface area contributed by atoms with Crippen molar-refractivity contribution in [1.29, 1.82) is 0 Å². The molecule has 70 valence electrons. The molecule has 0 aliphatic carbocycles. The monoisotopic (exact) mass is 199 g/mol. The van der Waals surface area contributed by atoms with Crippen LogP contribution in [0.1, 0.15) is 5.56 Å². The Balaban J connectivity index is 2.88. The molecule has 0 saturated carbocycles. The average molecular weight is 199 g/mol. The Hall–Kier alpha value is -1.36. The SMILES string of the molecule is CS(=O)(=O)N=Cc1ccc(O)cc1.